The molecule has 1 N–H and O–H groups in total. The van der Waals surface area contributed by atoms with Crippen molar-refractivity contribution in [1.82, 2.24) is 0 Å². The molecule has 0 heterocycles. The van der Waals surface area contributed by atoms with E-state index in [1.165, 1.54) is 12.1 Å². The van der Waals surface area contributed by atoms with Gasteiger partial charge in [0.1, 0.15) is 11.4 Å². The van der Waals surface area contributed by atoms with Crippen molar-refractivity contribution in [2.75, 3.05) is 5.32 Å². The minimum atomic E-state index is -0.723. The molecule has 18 heavy (non-hydrogen) atoms. The van der Waals surface area contributed by atoms with Crippen molar-refractivity contribution < 1.29 is 18.7 Å². The average Bonchev–Trinajstić information content (AvgIpc) is 2.21. The van der Waals surface area contributed by atoms with Crippen LogP contribution < -0.4 is 5.32 Å². The van der Waals surface area contributed by atoms with Gasteiger partial charge in [-0.05, 0) is 39.3 Å². The molecule has 0 atom stereocenters. The Kier molecular flexibility index (Phi) is 4.06. The quantitative estimate of drug-likeness (QED) is 0.823. The molecule has 0 fully saturated rings. The topological polar surface area (TPSA) is 55.4 Å². The Morgan fingerprint density at radius 2 is 2.00 bits per heavy atom. The number of hydrogen-bond acceptors (Lipinski definition) is 3. The van der Waals surface area contributed by atoms with Crippen LogP contribution in [0.15, 0.2) is 12.1 Å². The van der Waals surface area contributed by atoms with Crippen molar-refractivity contribution in [3.63, 3.8) is 0 Å². The van der Waals surface area contributed by atoms with Crippen LogP contribution >= 0.6 is 0 Å². The molecule has 0 aliphatic rings. The Bertz CT molecular complexity index is 478. The molecule has 4 nitrogen and oxygen atoms in total. The highest BCUT2D eigenvalue weighted by Crippen LogP contribution is 2.22. The maximum Gasteiger partial charge on any atom is 0.412 e. The molecule has 98 valence electrons. The number of ether oxygens (including phenoxy) is 1. The number of benzene rings is 1. The van der Waals surface area contributed by atoms with Crippen LogP contribution in [0.4, 0.5) is 14.9 Å². The second-order valence-electron chi connectivity index (χ2n) is 4.90. The number of nitrogens with one attached hydrogen (secondary N) is 1. The SMILES string of the molecule is Cc1ccc(F)c(C=O)c1NC(=O)OC(C)(C)C. The molecule has 5 heteroatoms. The first-order chi connectivity index (χ1) is 8.24. The number of halogens is 1. The predicted octanol–water partition coefficient (Wildman–Crippen LogP) is 3.29. The van der Waals surface area contributed by atoms with Crippen molar-refractivity contribution in [3.05, 3.63) is 29.1 Å². The fourth-order valence-electron chi connectivity index (χ4n) is 1.39. The average molecular weight is 253 g/mol. The zero-order valence-corrected chi connectivity index (χ0v) is 10.8. The van der Waals surface area contributed by atoms with Gasteiger partial charge in [0.2, 0.25) is 0 Å². The zero-order valence-electron chi connectivity index (χ0n) is 10.8. The summed E-state index contributed by atoms with van der Waals surface area (Å²) in [5.41, 5.74) is -0.114. The lowest BCUT2D eigenvalue weighted by molar-refractivity contribution is 0.0636. The lowest BCUT2D eigenvalue weighted by Crippen LogP contribution is -2.27. The largest absolute Gasteiger partial charge is 0.444 e. The first-order valence-electron chi connectivity index (χ1n) is 5.49. The summed E-state index contributed by atoms with van der Waals surface area (Å²) >= 11 is 0. The Morgan fingerprint density at radius 3 is 2.50 bits per heavy atom. The molecule has 0 aromatic heterocycles. The first-order valence-corrected chi connectivity index (χ1v) is 5.49. The van der Waals surface area contributed by atoms with Gasteiger partial charge in [-0.3, -0.25) is 10.1 Å². The standard InChI is InChI=1S/C13H16FNO3/c1-8-5-6-10(14)9(7-16)11(8)15-12(17)18-13(2,3)4/h5-7H,1-4H3,(H,15,17). The van der Waals surface area contributed by atoms with Crippen molar-refractivity contribution in [3.8, 4) is 0 Å². The summed E-state index contributed by atoms with van der Waals surface area (Å²) < 4.78 is 18.4. The van der Waals surface area contributed by atoms with Crippen LogP contribution in [0.25, 0.3) is 0 Å². The van der Waals surface area contributed by atoms with Crippen molar-refractivity contribution in [2.45, 2.75) is 33.3 Å². The number of amides is 1. The Balaban J connectivity index is 3.01. The molecule has 0 aliphatic heterocycles. The van der Waals surface area contributed by atoms with Gasteiger partial charge in [0.15, 0.2) is 6.29 Å². The van der Waals surface area contributed by atoms with Crippen molar-refractivity contribution >= 4 is 18.1 Å². The Hall–Kier alpha value is -1.91. The van der Waals surface area contributed by atoms with Crippen LogP contribution in [0.2, 0.25) is 0 Å². The van der Waals surface area contributed by atoms with E-state index in [2.05, 4.69) is 5.32 Å². The first kappa shape index (κ1) is 14.2. The number of carbonyl (C=O) groups excluding carboxylic acids is 2. The lowest BCUT2D eigenvalue weighted by Gasteiger charge is -2.20. The number of hydrogen-bond donors (Lipinski definition) is 1. The molecule has 1 aromatic carbocycles. The molecule has 0 radical (unpaired) electrons. The van der Waals surface area contributed by atoms with Gasteiger partial charge in [-0.2, -0.15) is 0 Å². The number of anilines is 1. The molecule has 0 aliphatic carbocycles. The van der Waals surface area contributed by atoms with E-state index < -0.39 is 17.5 Å². The van der Waals surface area contributed by atoms with E-state index in [-0.39, 0.29) is 11.3 Å². The van der Waals surface area contributed by atoms with Gasteiger partial charge < -0.3 is 4.74 Å². The van der Waals surface area contributed by atoms with Gasteiger partial charge in [0.25, 0.3) is 0 Å². The summed E-state index contributed by atoms with van der Waals surface area (Å²) in [7, 11) is 0. The maximum absolute atomic E-state index is 13.4. The highest BCUT2D eigenvalue weighted by atomic mass is 19.1. The number of rotatable bonds is 2. The number of aryl methyl sites for hydroxylation is 1. The third kappa shape index (κ3) is 3.55. The highest BCUT2D eigenvalue weighted by Gasteiger charge is 2.19. The van der Waals surface area contributed by atoms with E-state index in [9.17, 15) is 14.0 Å². The minimum absolute atomic E-state index is 0.138. The predicted molar refractivity (Wildman–Crippen MR) is 66.4 cm³/mol. The molecule has 1 rings (SSSR count). The second kappa shape index (κ2) is 5.16. The van der Waals surface area contributed by atoms with Crippen LogP contribution in [0.3, 0.4) is 0 Å². The van der Waals surface area contributed by atoms with Gasteiger partial charge >= 0.3 is 6.09 Å². The normalized spacial score (nSPS) is 10.9. The van der Waals surface area contributed by atoms with Gasteiger partial charge in [0, 0.05) is 0 Å². The zero-order chi connectivity index (χ0) is 13.9. The minimum Gasteiger partial charge on any atom is -0.444 e. The Morgan fingerprint density at radius 1 is 1.39 bits per heavy atom. The van der Waals surface area contributed by atoms with E-state index in [0.717, 1.165) is 0 Å². The molecule has 1 amide bonds. The van der Waals surface area contributed by atoms with E-state index in [1.54, 1.807) is 27.7 Å². The van der Waals surface area contributed by atoms with Crippen LogP contribution in [0.5, 0.6) is 0 Å². The fraction of sp³-hybridized carbons (Fsp3) is 0.385. The van der Waals surface area contributed by atoms with E-state index >= 15 is 0 Å². The van der Waals surface area contributed by atoms with Crippen molar-refractivity contribution in [2.24, 2.45) is 0 Å². The summed E-state index contributed by atoms with van der Waals surface area (Å²) in [6.45, 7) is 6.81. The number of aldehydes is 1. The molecule has 0 saturated carbocycles. The summed E-state index contributed by atoms with van der Waals surface area (Å²) in [5.74, 6) is -0.679. The smallest absolute Gasteiger partial charge is 0.412 e. The highest BCUT2D eigenvalue weighted by molar-refractivity contribution is 5.94. The van der Waals surface area contributed by atoms with E-state index in [0.29, 0.717) is 11.8 Å². The molecule has 1 aromatic rings. The van der Waals surface area contributed by atoms with Crippen LogP contribution in [0, 0.1) is 12.7 Å². The molecule has 0 bridgehead atoms. The fourth-order valence-corrected chi connectivity index (χ4v) is 1.39. The van der Waals surface area contributed by atoms with Gasteiger partial charge in [-0.1, -0.05) is 6.07 Å². The van der Waals surface area contributed by atoms with Crippen LogP contribution in [0.1, 0.15) is 36.7 Å². The number of carbonyl (C=O) groups is 2. The van der Waals surface area contributed by atoms with E-state index in [4.69, 9.17) is 4.74 Å². The van der Waals surface area contributed by atoms with Crippen molar-refractivity contribution in [1.29, 1.82) is 0 Å². The monoisotopic (exact) mass is 253 g/mol. The third-order valence-corrected chi connectivity index (χ3v) is 2.14. The lowest BCUT2D eigenvalue weighted by atomic mass is 10.1. The Labute approximate surface area is 105 Å². The molecular formula is C13H16FNO3. The molecule has 0 saturated heterocycles. The summed E-state index contributed by atoms with van der Waals surface area (Å²) in [4.78, 5) is 22.4. The summed E-state index contributed by atoms with van der Waals surface area (Å²) in [6.07, 6.45) is -0.353. The molecule has 0 unspecified atom stereocenters. The third-order valence-electron chi connectivity index (χ3n) is 2.14. The molecule has 0 spiro atoms. The second-order valence-corrected chi connectivity index (χ2v) is 4.90. The van der Waals surface area contributed by atoms with Crippen LogP contribution in [-0.2, 0) is 4.74 Å². The van der Waals surface area contributed by atoms with E-state index in [1.807, 2.05) is 0 Å². The maximum atomic E-state index is 13.4. The summed E-state index contributed by atoms with van der Waals surface area (Å²) in [5, 5.41) is 2.39. The molecular weight excluding hydrogens is 237 g/mol. The van der Waals surface area contributed by atoms with Gasteiger partial charge in [-0.25, -0.2) is 9.18 Å². The summed E-state index contributed by atoms with van der Waals surface area (Å²) in [6, 6.07) is 2.66. The van der Waals surface area contributed by atoms with Gasteiger partial charge in [-0.15, -0.1) is 0 Å². The van der Waals surface area contributed by atoms with Crippen LogP contribution in [-0.4, -0.2) is 18.0 Å². The van der Waals surface area contributed by atoms with Gasteiger partial charge in [0.05, 0.1) is 11.3 Å².